The van der Waals surface area contributed by atoms with Crippen LogP contribution >= 0.6 is 11.6 Å². The third-order valence-electron chi connectivity index (χ3n) is 7.21. The average molecular weight is 556 g/mol. The minimum atomic E-state index is -0.801. The maximum Gasteiger partial charge on any atom is 0.249 e. The zero-order valence-electron chi connectivity index (χ0n) is 22.3. The van der Waals surface area contributed by atoms with Crippen molar-refractivity contribution in [1.29, 1.82) is 0 Å². The first-order valence-corrected chi connectivity index (χ1v) is 13.4. The van der Waals surface area contributed by atoms with Crippen LogP contribution in [0.15, 0.2) is 79.3 Å². The van der Waals surface area contributed by atoms with Gasteiger partial charge in [-0.25, -0.2) is 9.97 Å². The van der Waals surface area contributed by atoms with Gasteiger partial charge in [-0.15, -0.1) is 0 Å². The highest BCUT2D eigenvalue weighted by Gasteiger charge is 2.26. The number of anilines is 1. The third-order valence-corrected chi connectivity index (χ3v) is 7.53. The van der Waals surface area contributed by atoms with Crippen LogP contribution in [0, 0.1) is 6.92 Å². The van der Waals surface area contributed by atoms with Crippen LogP contribution in [-0.2, 0) is 29.0 Å². The van der Waals surface area contributed by atoms with E-state index in [1.165, 1.54) is 6.33 Å². The minimum Gasteiger partial charge on any atom is -0.396 e. The van der Waals surface area contributed by atoms with Crippen molar-refractivity contribution >= 4 is 50.9 Å². The lowest BCUT2D eigenvalue weighted by molar-refractivity contribution is -0.127. The van der Waals surface area contributed by atoms with Gasteiger partial charge >= 0.3 is 0 Å². The van der Waals surface area contributed by atoms with Crippen molar-refractivity contribution in [3.05, 3.63) is 101 Å². The number of halogens is 1. The molecule has 2 aromatic heterocycles. The van der Waals surface area contributed by atoms with Crippen LogP contribution < -0.4 is 10.2 Å². The number of aliphatic hydroxyl groups excluding tert-OH is 1. The molecule has 0 aliphatic carbocycles. The Kier molecular flexibility index (Phi) is 8.09. The Labute approximate surface area is 237 Å². The number of rotatable bonds is 9. The number of benzene rings is 3. The zero-order chi connectivity index (χ0) is 28.2. The molecule has 2 heterocycles. The molecule has 0 fully saturated rings. The topological polar surface area (TPSA) is 100 Å². The van der Waals surface area contributed by atoms with E-state index in [9.17, 15) is 14.7 Å². The number of fused-ring (bicyclic) bond motifs is 2. The first-order valence-electron chi connectivity index (χ1n) is 13.0. The molecule has 5 rings (SSSR count). The van der Waals surface area contributed by atoms with Crippen LogP contribution in [0.5, 0.6) is 0 Å². The molecule has 2 amide bonds. The Morgan fingerprint density at radius 1 is 1.10 bits per heavy atom. The van der Waals surface area contributed by atoms with Crippen molar-refractivity contribution in [2.75, 3.05) is 18.6 Å². The minimum absolute atomic E-state index is 0.00367. The predicted molar refractivity (Wildman–Crippen MR) is 157 cm³/mol. The number of carbonyl (C=O) groups is 2. The number of nitrogens with zero attached hydrogens (tertiary/aromatic N) is 4. The number of hydrogen-bond donors (Lipinski definition) is 2. The number of aliphatic hydroxyl groups is 1. The molecule has 9 heteroatoms. The fourth-order valence-electron chi connectivity index (χ4n) is 5.16. The van der Waals surface area contributed by atoms with E-state index in [-0.39, 0.29) is 25.0 Å². The summed E-state index contributed by atoms with van der Waals surface area (Å²) in [6.07, 6.45) is 3.95. The van der Waals surface area contributed by atoms with E-state index >= 15 is 0 Å². The number of amides is 2. The molecule has 0 saturated heterocycles. The van der Waals surface area contributed by atoms with E-state index in [1.807, 2.05) is 72.2 Å². The van der Waals surface area contributed by atoms with Crippen molar-refractivity contribution < 1.29 is 14.7 Å². The van der Waals surface area contributed by atoms with Crippen molar-refractivity contribution in [3.63, 3.8) is 0 Å². The maximum absolute atomic E-state index is 13.8. The number of nitrogens with one attached hydrogen (secondary N) is 1. The summed E-state index contributed by atoms with van der Waals surface area (Å²) in [7, 11) is 1.70. The molecule has 0 bridgehead atoms. The number of likely N-dealkylation sites (N-methyl/N-ethyl adjacent to an activating group) is 1. The van der Waals surface area contributed by atoms with Crippen molar-refractivity contribution in [3.8, 4) is 0 Å². The highest BCUT2D eigenvalue weighted by Crippen LogP contribution is 2.32. The molecular formula is C31H30ClN5O3. The van der Waals surface area contributed by atoms with Crippen LogP contribution in [0.4, 0.5) is 5.69 Å². The van der Waals surface area contributed by atoms with E-state index in [0.717, 1.165) is 38.6 Å². The SMILES string of the molecule is Cc1c(CCO)c2c(Cl)cccc2n1CC(=O)N[C@@H](Cc1ccccc1)C(=O)N(C)c1ccc2ncncc2c1. The zero-order valence-corrected chi connectivity index (χ0v) is 23.1. The van der Waals surface area contributed by atoms with Crippen molar-refractivity contribution in [2.24, 2.45) is 0 Å². The summed E-state index contributed by atoms with van der Waals surface area (Å²) in [6.45, 7) is 1.89. The molecule has 0 aliphatic heterocycles. The van der Waals surface area contributed by atoms with Gasteiger partial charge < -0.3 is 19.9 Å². The van der Waals surface area contributed by atoms with Gasteiger partial charge in [-0.2, -0.15) is 0 Å². The number of aromatic nitrogens is 3. The second-order valence-corrected chi connectivity index (χ2v) is 10.1. The molecule has 40 heavy (non-hydrogen) atoms. The maximum atomic E-state index is 13.8. The average Bonchev–Trinajstić information content (AvgIpc) is 3.23. The van der Waals surface area contributed by atoms with Gasteiger partial charge in [0.15, 0.2) is 0 Å². The summed E-state index contributed by atoms with van der Waals surface area (Å²) in [5.41, 5.74) is 4.96. The van der Waals surface area contributed by atoms with Gasteiger partial charge in [0.25, 0.3) is 0 Å². The second kappa shape index (κ2) is 11.9. The molecule has 0 saturated carbocycles. The summed E-state index contributed by atoms with van der Waals surface area (Å²) < 4.78 is 1.89. The largest absolute Gasteiger partial charge is 0.396 e. The highest BCUT2D eigenvalue weighted by atomic mass is 35.5. The van der Waals surface area contributed by atoms with Crippen LogP contribution in [-0.4, -0.2) is 51.2 Å². The quantitative estimate of drug-likeness (QED) is 0.279. The first-order chi connectivity index (χ1) is 19.4. The molecule has 0 spiro atoms. The lowest BCUT2D eigenvalue weighted by atomic mass is 10.0. The first kappa shape index (κ1) is 27.3. The molecular weight excluding hydrogens is 526 g/mol. The summed E-state index contributed by atoms with van der Waals surface area (Å²) in [4.78, 5) is 37.2. The Balaban J connectivity index is 1.43. The van der Waals surface area contributed by atoms with Gasteiger partial charge in [0, 0.05) is 48.4 Å². The fraction of sp³-hybridized carbons (Fsp3) is 0.226. The molecule has 8 nitrogen and oxygen atoms in total. The Morgan fingerprint density at radius 2 is 1.90 bits per heavy atom. The lowest BCUT2D eigenvalue weighted by Crippen LogP contribution is -2.49. The van der Waals surface area contributed by atoms with Crippen LogP contribution in [0.1, 0.15) is 16.8 Å². The summed E-state index contributed by atoms with van der Waals surface area (Å²) in [5.74, 6) is -0.545. The van der Waals surface area contributed by atoms with E-state index in [0.29, 0.717) is 23.6 Å². The number of hydrogen-bond acceptors (Lipinski definition) is 5. The second-order valence-electron chi connectivity index (χ2n) is 9.73. The van der Waals surface area contributed by atoms with Crippen molar-refractivity contribution in [1.82, 2.24) is 19.9 Å². The normalized spacial score (nSPS) is 12.0. The fourth-order valence-corrected chi connectivity index (χ4v) is 5.44. The predicted octanol–water partition coefficient (Wildman–Crippen LogP) is 4.47. The standard InChI is InChI=1S/C31H30ClN5O3/c1-20-24(13-14-38)30-25(32)9-6-10-28(30)37(20)18-29(39)35-27(15-21-7-4-3-5-8-21)31(40)36(2)23-11-12-26-22(16-23)17-33-19-34-26/h3-12,16-17,19,27,38H,13-15,18H2,1-2H3,(H,35,39)/t27-/m0/s1. The van der Waals surface area contributed by atoms with Gasteiger partial charge in [-0.05, 0) is 54.8 Å². The summed E-state index contributed by atoms with van der Waals surface area (Å²) in [6, 6.07) is 19.9. The van der Waals surface area contributed by atoms with Gasteiger partial charge in [0.2, 0.25) is 11.8 Å². The van der Waals surface area contributed by atoms with Gasteiger partial charge in [0.1, 0.15) is 18.9 Å². The Morgan fingerprint density at radius 3 is 2.67 bits per heavy atom. The molecule has 0 aliphatic rings. The van der Waals surface area contributed by atoms with Crippen LogP contribution in [0.2, 0.25) is 5.02 Å². The molecule has 204 valence electrons. The van der Waals surface area contributed by atoms with E-state index in [2.05, 4.69) is 15.3 Å². The molecule has 0 radical (unpaired) electrons. The Bertz CT molecular complexity index is 1690. The molecule has 1 atom stereocenters. The van der Waals surface area contributed by atoms with E-state index < -0.39 is 6.04 Å². The van der Waals surface area contributed by atoms with Crippen LogP contribution in [0.25, 0.3) is 21.8 Å². The highest BCUT2D eigenvalue weighted by molar-refractivity contribution is 6.35. The van der Waals surface area contributed by atoms with Crippen LogP contribution in [0.3, 0.4) is 0 Å². The molecule has 5 aromatic rings. The lowest BCUT2D eigenvalue weighted by Gasteiger charge is -2.25. The summed E-state index contributed by atoms with van der Waals surface area (Å²) in [5, 5.41) is 14.8. The molecule has 3 aromatic carbocycles. The third kappa shape index (κ3) is 5.54. The van der Waals surface area contributed by atoms with E-state index in [4.69, 9.17) is 11.6 Å². The molecule has 2 N–H and O–H groups in total. The number of carbonyl (C=O) groups excluding carboxylic acids is 2. The van der Waals surface area contributed by atoms with Gasteiger partial charge in [-0.3, -0.25) is 9.59 Å². The van der Waals surface area contributed by atoms with Gasteiger partial charge in [0.05, 0.1) is 16.1 Å². The monoisotopic (exact) mass is 555 g/mol. The van der Waals surface area contributed by atoms with Gasteiger partial charge in [-0.1, -0.05) is 48.0 Å². The smallest absolute Gasteiger partial charge is 0.249 e. The Hall–Kier alpha value is -4.27. The molecule has 0 unspecified atom stereocenters. The van der Waals surface area contributed by atoms with E-state index in [1.54, 1.807) is 24.2 Å². The van der Waals surface area contributed by atoms with Crippen molar-refractivity contribution in [2.45, 2.75) is 32.4 Å². The summed E-state index contributed by atoms with van der Waals surface area (Å²) >= 11 is 6.51.